The van der Waals surface area contributed by atoms with E-state index in [-0.39, 0.29) is 10.8 Å². The number of benzene rings is 1. The molecule has 0 amide bonds. The van der Waals surface area contributed by atoms with Gasteiger partial charge in [0.05, 0.1) is 4.75 Å². The molecular formula is C21H32O3S. The van der Waals surface area contributed by atoms with Gasteiger partial charge in [-0.1, -0.05) is 67.5 Å². The number of aliphatic carboxylic acids is 1. The van der Waals surface area contributed by atoms with Crippen LogP contribution >= 0.6 is 11.8 Å². The van der Waals surface area contributed by atoms with Gasteiger partial charge in [0, 0.05) is 0 Å². The number of hydrogen-bond acceptors (Lipinski definition) is 3. The van der Waals surface area contributed by atoms with Gasteiger partial charge >= 0.3 is 5.97 Å². The van der Waals surface area contributed by atoms with Gasteiger partial charge in [0.15, 0.2) is 0 Å². The van der Waals surface area contributed by atoms with Crippen molar-refractivity contribution in [2.75, 3.05) is 0 Å². The summed E-state index contributed by atoms with van der Waals surface area (Å²) < 4.78 is -1.18. The van der Waals surface area contributed by atoms with E-state index in [1.807, 2.05) is 19.1 Å². The molecule has 1 aliphatic heterocycles. The van der Waals surface area contributed by atoms with Gasteiger partial charge < -0.3 is 10.2 Å². The standard InChI is InChI=1S/C21H32O3S/c1-9-20(21(10-2,25-20)17(23)24)13-11-14(18(3,4)5)16(22)15(12-13)19(6,7)8/h11-12,22H,9-10H2,1-8H3,(H,23,24). The predicted octanol–water partition coefficient (Wildman–Crippen LogP) is 5.57. The van der Waals surface area contributed by atoms with Gasteiger partial charge in [-0.15, -0.1) is 11.8 Å². The van der Waals surface area contributed by atoms with Gasteiger partial charge in [-0.2, -0.15) is 0 Å². The minimum atomic E-state index is -0.761. The summed E-state index contributed by atoms with van der Waals surface area (Å²) in [6, 6.07) is 4.09. The molecule has 0 bridgehead atoms. The zero-order chi connectivity index (χ0) is 19.4. The molecule has 2 atom stereocenters. The summed E-state index contributed by atoms with van der Waals surface area (Å²) in [6.07, 6.45) is 1.35. The average Bonchev–Trinajstić information content (AvgIpc) is 3.16. The quantitative estimate of drug-likeness (QED) is 0.685. The summed E-state index contributed by atoms with van der Waals surface area (Å²) in [6.45, 7) is 16.5. The summed E-state index contributed by atoms with van der Waals surface area (Å²) in [7, 11) is 0. The summed E-state index contributed by atoms with van der Waals surface area (Å²) in [5, 5.41) is 20.8. The molecule has 1 aromatic carbocycles. The molecule has 0 aliphatic carbocycles. The fraction of sp³-hybridized carbons (Fsp3) is 0.667. The Morgan fingerprint density at radius 3 is 1.68 bits per heavy atom. The molecule has 1 heterocycles. The maximum absolute atomic E-state index is 12.0. The van der Waals surface area contributed by atoms with Gasteiger partial charge in [0.25, 0.3) is 0 Å². The molecule has 0 spiro atoms. The molecule has 0 aromatic heterocycles. The third-order valence-electron chi connectivity index (χ3n) is 5.49. The topological polar surface area (TPSA) is 57.5 Å². The molecule has 0 saturated carbocycles. The normalized spacial score (nSPS) is 26.6. The number of carboxylic acid groups (broad SMARTS) is 1. The minimum Gasteiger partial charge on any atom is -0.507 e. The van der Waals surface area contributed by atoms with E-state index in [9.17, 15) is 15.0 Å². The molecule has 1 aromatic rings. The summed E-state index contributed by atoms with van der Waals surface area (Å²) in [4.78, 5) is 12.0. The molecule has 3 nitrogen and oxygen atoms in total. The largest absolute Gasteiger partial charge is 0.507 e. The minimum absolute atomic E-state index is 0.216. The zero-order valence-electron chi connectivity index (χ0n) is 16.8. The fourth-order valence-corrected chi connectivity index (χ4v) is 5.51. The van der Waals surface area contributed by atoms with E-state index < -0.39 is 15.5 Å². The van der Waals surface area contributed by atoms with Crippen molar-refractivity contribution in [2.24, 2.45) is 0 Å². The average molecular weight is 365 g/mol. The lowest BCUT2D eigenvalue weighted by Gasteiger charge is -2.30. The number of hydrogen-bond donors (Lipinski definition) is 2. The molecule has 4 heteroatoms. The summed E-state index contributed by atoms with van der Waals surface area (Å²) in [5.41, 5.74) is 2.40. The molecule has 25 heavy (non-hydrogen) atoms. The van der Waals surface area contributed by atoms with E-state index in [1.54, 1.807) is 11.8 Å². The Hall–Kier alpha value is -1.16. The number of phenols is 1. The van der Waals surface area contributed by atoms with Crippen LogP contribution in [0.5, 0.6) is 5.75 Å². The lowest BCUT2D eigenvalue weighted by molar-refractivity contribution is -0.139. The first-order valence-corrected chi connectivity index (χ1v) is 9.90. The van der Waals surface area contributed by atoms with Crippen molar-refractivity contribution in [2.45, 2.75) is 88.6 Å². The van der Waals surface area contributed by atoms with Crippen LogP contribution in [0.4, 0.5) is 0 Å². The number of carbonyl (C=O) groups is 1. The van der Waals surface area contributed by atoms with E-state index in [2.05, 4.69) is 48.5 Å². The molecular weight excluding hydrogens is 332 g/mol. The second-order valence-corrected chi connectivity index (χ2v) is 10.8. The lowest BCUT2D eigenvalue weighted by Crippen LogP contribution is -2.32. The molecule has 2 N–H and O–H groups in total. The molecule has 1 aliphatic rings. The third-order valence-corrected chi connectivity index (χ3v) is 7.67. The first-order valence-electron chi connectivity index (χ1n) is 9.09. The number of phenolic OH excluding ortho intramolecular Hbond substituents is 1. The van der Waals surface area contributed by atoms with Gasteiger partial charge in [0.2, 0.25) is 0 Å². The highest BCUT2D eigenvalue weighted by atomic mass is 32.2. The highest BCUT2D eigenvalue weighted by Gasteiger charge is 2.72. The Morgan fingerprint density at radius 1 is 1.00 bits per heavy atom. The van der Waals surface area contributed by atoms with Crippen LogP contribution in [0.1, 0.15) is 84.9 Å². The van der Waals surface area contributed by atoms with Crippen LogP contribution in [0, 0.1) is 0 Å². The van der Waals surface area contributed by atoms with Crippen LogP contribution in [0.2, 0.25) is 0 Å². The van der Waals surface area contributed by atoms with E-state index >= 15 is 0 Å². The van der Waals surface area contributed by atoms with Crippen LogP contribution in [-0.2, 0) is 20.4 Å². The van der Waals surface area contributed by atoms with E-state index in [0.29, 0.717) is 12.2 Å². The van der Waals surface area contributed by atoms with Crippen molar-refractivity contribution in [3.63, 3.8) is 0 Å². The van der Waals surface area contributed by atoms with Crippen molar-refractivity contribution in [3.05, 3.63) is 28.8 Å². The highest BCUT2D eigenvalue weighted by Crippen LogP contribution is 2.74. The van der Waals surface area contributed by atoms with Gasteiger partial charge in [-0.25, -0.2) is 0 Å². The molecule has 2 unspecified atom stereocenters. The SMILES string of the molecule is CCC1(C(=O)O)SC1(CC)c1cc(C(C)(C)C)c(O)c(C(C)(C)C)c1. The maximum Gasteiger partial charge on any atom is 0.321 e. The highest BCUT2D eigenvalue weighted by molar-refractivity contribution is 8.10. The molecule has 140 valence electrons. The van der Waals surface area contributed by atoms with E-state index in [4.69, 9.17) is 0 Å². The molecule has 0 radical (unpaired) electrons. The first-order chi connectivity index (χ1) is 11.3. The fourth-order valence-electron chi connectivity index (χ4n) is 3.86. The van der Waals surface area contributed by atoms with Gasteiger partial charge in [-0.05, 0) is 40.4 Å². The molecule has 1 saturated heterocycles. The lowest BCUT2D eigenvalue weighted by atomic mass is 9.74. The number of thioether (sulfide) groups is 1. The van der Waals surface area contributed by atoms with Gasteiger partial charge in [0.1, 0.15) is 10.5 Å². The van der Waals surface area contributed by atoms with Crippen molar-refractivity contribution in [1.29, 1.82) is 0 Å². The Morgan fingerprint density at radius 2 is 1.44 bits per heavy atom. The summed E-state index contributed by atoms with van der Waals surface area (Å²) >= 11 is 1.56. The van der Waals surface area contributed by atoms with E-state index in [0.717, 1.165) is 23.1 Å². The van der Waals surface area contributed by atoms with Crippen molar-refractivity contribution < 1.29 is 15.0 Å². The van der Waals surface area contributed by atoms with Gasteiger partial charge in [-0.3, -0.25) is 4.79 Å². The van der Waals surface area contributed by atoms with E-state index in [1.165, 1.54) is 0 Å². The van der Waals surface area contributed by atoms with Crippen molar-refractivity contribution in [1.82, 2.24) is 0 Å². The number of carboxylic acids is 1. The zero-order valence-corrected chi connectivity index (χ0v) is 17.6. The monoisotopic (exact) mass is 364 g/mol. The van der Waals surface area contributed by atoms with Crippen LogP contribution in [0.3, 0.4) is 0 Å². The Kier molecular flexibility index (Phi) is 4.79. The first kappa shape index (κ1) is 20.2. The third kappa shape index (κ3) is 2.97. The van der Waals surface area contributed by atoms with Crippen LogP contribution in [0.25, 0.3) is 0 Å². The second kappa shape index (κ2) is 5.94. The predicted molar refractivity (Wildman–Crippen MR) is 106 cm³/mol. The Labute approximate surface area is 156 Å². The van der Waals surface area contributed by atoms with Crippen LogP contribution < -0.4 is 0 Å². The smallest absolute Gasteiger partial charge is 0.321 e. The van der Waals surface area contributed by atoms with Crippen molar-refractivity contribution in [3.8, 4) is 5.75 Å². The van der Waals surface area contributed by atoms with Crippen molar-refractivity contribution >= 4 is 17.7 Å². The molecule has 2 rings (SSSR count). The maximum atomic E-state index is 12.0. The Balaban J connectivity index is 2.77. The van der Waals surface area contributed by atoms with Crippen LogP contribution in [0.15, 0.2) is 12.1 Å². The number of aromatic hydroxyl groups is 1. The Bertz CT molecular complexity index is 661. The number of rotatable bonds is 4. The van der Waals surface area contributed by atoms with Crippen LogP contribution in [-0.4, -0.2) is 20.9 Å². The second-order valence-electron chi connectivity index (χ2n) is 9.19. The molecule has 1 fully saturated rings. The summed E-state index contributed by atoms with van der Waals surface area (Å²) in [5.74, 6) is -0.386.